The molecule has 0 aromatic carbocycles. The zero-order valence-electron chi connectivity index (χ0n) is 12.5. The SMILES string of the molecule is O=C(CNC1CCCC1)N1CCN(c2ccccn2)CC1. The van der Waals surface area contributed by atoms with Gasteiger partial charge in [-0.05, 0) is 25.0 Å². The number of carbonyl (C=O) groups excluding carboxylic acids is 1. The fourth-order valence-electron chi connectivity index (χ4n) is 3.20. The van der Waals surface area contributed by atoms with Crippen molar-refractivity contribution >= 4 is 11.7 Å². The van der Waals surface area contributed by atoms with Crippen molar-refractivity contribution in [1.82, 2.24) is 15.2 Å². The number of carbonyl (C=O) groups is 1. The van der Waals surface area contributed by atoms with E-state index in [4.69, 9.17) is 0 Å². The van der Waals surface area contributed by atoms with Crippen LogP contribution in [0.3, 0.4) is 0 Å². The van der Waals surface area contributed by atoms with Crippen LogP contribution in [-0.2, 0) is 4.79 Å². The molecule has 1 saturated carbocycles. The summed E-state index contributed by atoms with van der Waals surface area (Å²) in [5.41, 5.74) is 0. The lowest BCUT2D eigenvalue weighted by Crippen LogP contribution is -2.51. The van der Waals surface area contributed by atoms with Crippen molar-refractivity contribution < 1.29 is 4.79 Å². The minimum atomic E-state index is 0.238. The summed E-state index contributed by atoms with van der Waals surface area (Å²) < 4.78 is 0. The first kappa shape index (κ1) is 14.3. The van der Waals surface area contributed by atoms with Crippen molar-refractivity contribution in [3.8, 4) is 0 Å². The van der Waals surface area contributed by atoms with E-state index in [1.165, 1.54) is 25.7 Å². The van der Waals surface area contributed by atoms with Gasteiger partial charge in [0, 0.05) is 38.4 Å². The van der Waals surface area contributed by atoms with Crippen LogP contribution in [0.15, 0.2) is 24.4 Å². The molecule has 1 amide bonds. The molecule has 1 aromatic rings. The second-order valence-electron chi connectivity index (χ2n) is 5.92. The van der Waals surface area contributed by atoms with E-state index in [0.717, 1.165) is 32.0 Å². The van der Waals surface area contributed by atoms with E-state index in [1.807, 2.05) is 29.3 Å². The van der Waals surface area contributed by atoms with Crippen molar-refractivity contribution in [2.45, 2.75) is 31.7 Å². The van der Waals surface area contributed by atoms with Crippen LogP contribution in [0, 0.1) is 0 Å². The number of hydrogen-bond acceptors (Lipinski definition) is 4. The Morgan fingerprint density at radius 2 is 1.95 bits per heavy atom. The van der Waals surface area contributed by atoms with Crippen molar-refractivity contribution in [3.63, 3.8) is 0 Å². The average Bonchev–Trinajstić information content (AvgIpc) is 3.07. The van der Waals surface area contributed by atoms with E-state index in [9.17, 15) is 4.79 Å². The van der Waals surface area contributed by atoms with Gasteiger partial charge in [0.25, 0.3) is 0 Å². The number of amides is 1. The number of pyridine rings is 1. The molecule has 5 nitrogen and oxygen atoms in total. The Balaban J connectivity index is 1.43. The summed E-state index contributed by atoms with van der Waals surface area (Å²) in [6.45, 7) is 3.82. The highest BCUT2D eigenvalue weighted by molar-refractivity contribution is 5.78. The molecule has 1 aliphatic carbocycles. The first-order valence-electron chi connectivity index (χ1n) is 8.00. The molecule has 2 aliphatic rings. The van der Waals surface area contributed by atoms with Crippen LogP contribution in [0.1, 0.15) is 25.7 Å². The van der Waals surface area contributed by atoms with Gasteiger partial charge < -0.3 is 15.1 Å². The molecule has 5 heteroatoms. The van der Waals surface area contributed by atoms with Gasteiger partial charge in [0.05, 0.1) is 6.54 Å². The Kier molecular flexibility index (Phi) is 4.70. The van der Waals surface area contributed by atoms with Gasteiger partial charge in [-0.1, -0.05) is 18.9 Å². The average molecular weight is 288 g/mol. The number of aromatic nitrogens is 1. The Bertz CT molecular complexity index is 451. The van der Waals surface area contributed by atoms with E-state index in [2.05, 4.69) is 15.2 Å². The smallest absolute Gasteiger partial charge is 0.236 e. The van der Waals surface area contributed by atoms with E-state index < -0.39 is 0 Å². The molecule has 21 heavy (non-hydrogen) atoms. The fraction of sp³-hybridized carbons (Fsp3) is 0.625. The molecule has 0 unspecified atom stereocenters. The second kappa shape index (κ2) is 6.89. The predicted octanol–water partition coefficient (Wildman–Crippen LogP) is 1.26. The lowest BCUT2D eigenvalue weighted by molar-refractivity contribution is -0.130. The molecule has 1 aliphatic heterocycles. The number of anilines is 1. The maximum absolute atomic E-state index is 12.2. The first-order chi connectivity index (χ1) is 10.3. The Morgan fingerprint density at radius 3 is 2.62 bits per heavy atom. The molecule has 1 N–H and O–H groups in total. The number of nitrogens with zero attached hydrogens (tertiary/aromatic N) is 3. The topological polar surface area (TPSA) is 48.5 Å². The molecular formula is C16H24N4O. The van der Waals surface area contributed by atoms with Gasteiger partial charge >= 0.3 is 0 Å². The van der Waals surface area contributed by atoms with E-state index in [1.54, 1.807) is 0 Å². The van der Waals surface area contributed by atoms with Crippen LogP contribution in [0.5, 0.6) is 0 Å². The van der Waals surface area contributed by atoms with Gasteiger partial charge in [-0.15, -0.1) is 0 Å². The zero-order valence-corrected chi connectivity index (χ0v) is 12.5. The molecule has 0 spiro atoms. The van der Waals surface area contributed by atoms with Gasteiger partial charge in [-0.25, -0.2) is 4.98 Å². The van der Waals surface area contributed by atoms with Gasteiger partial charge in [0.15, 0.2) is 0 Å². The number of nitrogens with one attached hydrogen (secondary N) is 1. The van der Waals surface area contributed by atoms with Crippen molar-refractivity contribution in [2.24, 2.45) is 0 Å². The lowest BCUT2D eigenvalue weighted by atomic mass is 10.2. The Hall–Kier alpha value is -1.62. The summed E-state index contributed by atoms with van der Waals surface area (Å²) in [6.07, 6.45) is 6.86. The summed E-state index contributed by atoms with van der Waals surface area (Å²) in [6, 6.07) is 6.52. The number of piperazine rings is 1. The molecule has 2 heterocycles. The van der Waals surface area contributed by atoms with Gasteiger partial charge in [0.2, 0.25) is 5.91 Å². The van der Waals surface area contributed by atoms with Gasteiger partial charge in [-0.3, -0.25) is 4.79 Å². The summed E-state index contributed by atoms with van der Waals surface area (Å²) >= 11 is 0. The highest BCUT2D eigenvalue weighted by Gasteiger charge is 2.22. The molecule has 114 valence electrons. The molecule has 0 radical (unpaired) electrons. The quantitative estimate of drug-likeness (QED) is 0.906. The van der Waals surface area contributed by atoms with Crippen LogP contribution in [0.4, 0.5) is 5.82 Å². The summed E-state index contributed by atoms with van der Waals surface area (Å²) in [4.78, 5) is 20.8. The summed E-state index contributed by atoms with van der Waals surface area (Å²) in [5.74, 6) is 1.25. The number of rotatable bonds is 4. The fourth-order valence-corrected chi connectivity index (χ4v) is 3.20. The largest absolute Gasteiger partial charge is 0.353 e. The normalized spacial score (nSPS) is 20.0. The minimum Gasteiger partial charge on any atom is -0.353 e. The first-order valence-corrected chi connectivity index (χ1v) is 8.00. The van der Waals surface area contributed by atoms with Crippen LogP contribution in [-0.4, -0.2) is 54.6 Å². The third kappa shape index (κ3) is 3.73. The minimum absolute atomic E-state index is 0.238. The van der Waals surface area contributed by atoms with Gasteiger partial charge in [-0.2, -0.15) is 0 Å². The maximum atomic E-state index is 12.2. The van der Waals surface area contributed by atoms with E-state index in [0.29, 0.717) is 12.6 Å². The molecule has 2 fully saturated rings. The molecule has 3 rings (SSSR count). The number of hydrogen-bond donors (Lipinski definition) is 1. The second-order valence-corrected chi connectivity index (χ2v) is 5.92. The van der Waals surface area contributed by atoms with E-state index in [-0.39, 0.29) is 5.91 Å². The van der Waals surface area contributed by atoms with Gasteiger partial charge in [0.1, 0.15) is 5.82 Å². The molecule has 0 bridgehead atoms. The third-order valence-corrected chi connectivity index (χ3v) is 4.50. The Labute approximate surface area is 126 Å². The zero-order chi connectivity index (χ0) is 14.5. The maximum Gasteiger partial charge on any atom is 0.236 e. The highest BCUT2D eigenvalue weighted by Crippen LogP contribution is 2.17. The standard InChI is InChI=1S/C16H24N4O/c21-16(13-18-14-5-1-2-6-14)20-11-9-19(10-12-20)15-7-3-4-8-17-15/h3-4,7-8,14,18H,1-2,5-6,9-13H2. The van der Waals surface area contributed by atoms with Crippen molar-refractivity contribution in [2.75, 3.05) is 37.6 Å². The van der Waals surface area contributed by atoms with Crippen LogP contribution < -0.4 is 10.2 Å². The monoisotopic (exact) mass is 288 g/mol. The van der Waals surface area contributed by atoms with Crippen molar-refractivity contribution in [3.05, 3.63) is 24.4 Å². The highest BCUT2D eigenvalue weighted by atomic mass is 16.2. The van der Waals surface area contributed by atoms with E-state index >= 15 is 0 Å². The predicted molar refractivity (Wildman–Crippen MR) is 83.3 cm³/mol. The lowest BCUT2D eigenvalue weighted by Gasteiger charge is -2.35. The molecule has 1 saturated heterocycles. The molecule has 1 aromatic heterocycles. The summed E-state index contributed by atoms with van der Waals surface area (Å²) in [7, 11) is 0. The van der Waals surface area contributed by atoms with Crippen LogP contribution in [0.25, 0.3) is 0 Å². The third-order valence-electron chi connectivity index (χ3n) is 4.50. The van der Waals surface area contributed by atoms with Crippen molar-refractivity contribution in [1.29, 1.82) is 0 Å². The molecular weight excluding hydrogens is 264 g/mol. The van der Waals surface area contributed by atoms with Crippen LogP contribution in [0.2, 0.25) is 0 Å². The summed E-state index contributed by atoms with van der Waals surface area (Å²) in [5, 5.41) is 3.40. The Morgan fingerprint density at radius 1 is 1.19 bits per heavy atom. The van der Waals surface area contributed by atoms with Crippen LogP contribution >= 0.6 is 0 Å². The molecule has 0 atom stereocenters.